The zero-order valence-electron chi connectivity index (χ0n) is 15.8. The SMILES string of the molecule is CC(Oc1ccccc1)C(=O)N1CCCC(Cc2nc(-c3ccsc3)no2)C1. The lowest BCUT2D eigenvalue weighted by atomic mass is 9.94. The van der Waals surface area contributed by atoms with E-state index in [0.717, 1.165) is 24.9 Å². The smallest absolute Gasteiger partial charge is 0.263 e. The second-order valence-electron chi connectivity index (χ2n) is 7.09. The molecule has 146 valence electrons. The van der Waals surface area contributed by atoms with E-state index < -0.39 is 6.10 Å². The number of para-hydroxylation sites is 1. The van der Waals surface area contributed by atoms with Crippen molar-refractivity contribution in [1.29, 1.82) is 0 Å². The van der Waals surface area contributed by atoms with Gasteiger partial charge in [0.2, 0.25) is 11.7 Å². The van der Waals surface area contributed by atoms with Crippen LogP contribution in [0.2, 0.25) is 0 Å². The summed E-state index contributed by atoms with van der Waals surface area (Å²) in [4.78, 5) is 19.2. The molecule has 28 heavy (non-hydrogen) atoms. The molecule has 1 aromatic carbocycles. The molecule has 3 aromatic rings. The van der Waals surface area contributed by atoms with E-state index in [1.165, 1.54) is 0 Å². The molecule has 1 amide bonds. The molecule has 7 heteroatoms. The number of hydrogen-bond acceptors (Lipinski definition) is 6. The number of rotatable bonds is 6. The second-order valence-corrected chi connectivity index (χ2v) is 7.87. The third-order valence-electron chi connectivity index (χ3n) is 4.95. The van der Waals surface area contributed by atoms with Crippen LogP contribution in [0.4, 0.5) is 0 Å². The molecule has 3 heterocycles. The minimum absolute atomic E-state index is 0.0260. The van der Waals surface area contributed by atoms with Crippen molar-refractivity contribution >= 4 is 17.2 Å². The number of ether oxygens (including phenoxy) is 1. The van der Waals surface area contributed by atoms with Crippen LogP contribution in [0.1, 0.15) is 25.7 Å². The van der Waals surface area contributed by atoms with Gasteiger partial charge in [-0.3, -0.25) is 4.79 Å². The minimum atomic E-state index is -0.505. The molecule has 1 fully saturated rings. The fourth-order valence-corrected chi connectivity index (χ4v) is 4.17. The minimum Gasteiger partial charge on any atom is -0.481 e. The average molecular weight is 398 g/mol. The van der Waals surface area contributed by atoms with Crippen molar-refractivity contribution in [3.63, 3.8) is 0 Å². The maximum absolute atomic E-state index is 12.8. The molecule has 0 saturated carbocycles. The summed E-state index contributed by atoms with van der Waals surface area (Å²) in [5, 5.41) is 8.07. The monoisotopic (exact) mass is 397 g/mol. The van der Waals surface area contributed by atoms with Gasteiger partial charge >= 0.3 is 0 Å². The lowest BCUT2D eigenvalue weighted by molar-refractivity contribution is -0.139. The van der Waals surface area contributed by atoms with Crippen LogP contribution in [0, 0.1) is 5.92 Å². The van der Waals surface area contributed by atoms with Gasteiger partial charge in [0.1, 0.15) is 5.75 Å². The Kier molecular flexibility index (Phi) is 5.71. The predicted molar refractivity (Wildman–Crippen MR) is 107 cm³/mol. The standard InChI is InChI=1S/C21H23N3O3S/c1-15(26-18-7-3-2-4-8-18)21(25)24-10-5-6-16(13-24)12-19-22-20(23-27-19)17-9-11-28-14-17/h2-4,7-9,11,14-16H,5-6,10,12-13H2,1H3. The molecule has 2 atom stereocenters. The van der Waals surface area contributed by atoms with Gasteiger partial charge in [0.15, 0.2) is 6.10 Å². The number of benzene rings is 1. The Labute approximate surface area is 168 Å². The molecule has 0 spiro atoms. The third kappa shape index (κ3) is 4.42. The molecule has 1 aliphatic heterocycles. The molecule has 2 aromatic heterocycles. The fourth-order valence-electron chi connectivity index (χ4n) is 3.54. The number of carbonyl (C=O) groups excluding carboxylic acids is 1. The molecule has 1 saturated heterocycles. The number of piperidine rings is 1. The molecular formula is C21H23N3O3S. The topological polar surface area (TPSA) is 68.5 Å². The van der Waals surface area contributed by atoms with Crippen molar-refractivity contribution in [2.75, 3.05) is 13.1 Å². The summed E-state index contributed by atoms with van der Waals surface area (Å²) in [5.74, 6) is 2.32. The molecule has 1 aliphatic rings. The zero-order chi connectivity index (χ0) is 19.3. The first kappa shape index (κ1) is 18.7. The Morgan fingerprint density at radius 2 is 2.21 bits per heavy atom. The molecule has 0 radical (unpaired) electrons. The van der Waals surface area contributed by atoms with Crippen LogP contribution >= 0.6 is 11.3 Å². The van der Waals surface area contributed by atoms with Crippen molar-refractivity contribution < 1.29 is 14.1 Å². The molecule has 0 aliphatic carbocycles. The normalized spacial score (nSPS) is 18.0. The average Bonchev–Trinajstić information content (AvgIpc) is 3.40. The van der Waals surface area contributed by atoms with Gasteiger partial charge < -0.3 is 14.2 Å². The summed E-state index contributed by atoms with van der Waals surface area (Å²) in [6, 6.07) is 11.4. The maximum Gasteiger partial charge on any atom is 0.263 e. The summed E-state index contributed by atoms with van der Waals surface area (Å²) in [6.45, 7) is 3.27. The predicted octanol–water partition coefficient (Wildman–Crippen LogP) is 4.05. The van der Waals surface area contributed by atoms with E-state index in [0.29, 0.717) is 36.3 Å². The number of aromatic nitrogens is 2. The number of carbonyl (C=O) groups is 1. The molecule has 4 rings (SSSR count). The molecular weight excluding hydrogens is 374 g/mol. The van der Waals surface area contributed by atoms with Gasteiger partial charge in [-0.05, 0) is 49.3 Å². The van der Waals surface area contributed by atoms with Gasteiger partial charge in [0, 0.05) is 30.5 Å². The van der Waals surface area contributed by atoms with Gasteiger partial charge in [-0.15, -0.1) is 0 Å². The summed E-state index contributed by atoms with van der Waals surface area (Å²) in [5.41, 5.74) is 0.979. The first-order chi connectivity index (χ1) is 13.7. The third-order valence-corrected chi connectivity index (χ3v) is 5.63. The molecule has 0 bridgehead atoms. The summed E-state index contributed by atoms with van der Waals surface area (Å²) in [6.07, 6.45) is 2.21. The van der Waals surface area contributed by atoms with Crippen LogP contribution < -0.4 is 4.74 Å². The quantitative estimate of drug-likeness (QED) is 0.628. The Balaban J connectivity index is 1.34. The highest BCUT2D eigenvalue weighted by Gasteiger charge is 2.29. The van der Waals surface area contributed by atoms with E-state index in [2.05, 4.69) is 10.1 Å². The Morgan fingerprint density at radius 3 is 3.00 bits per heavy atom. The van der Waals surface area contributed by atoms with Gasteiger partial charge in [0.05, 0.1) is 0 Å². The second kappa shape index (κ2) is 8.56. The highest BCUT2D eigenvalue weighted by Crippen LogP contribution is 2.24. The van der Waals surface area contributed by atoms with E-state index >= 15 is 0 Å². The summed E-state index contributed by atoms with van der Waals surface area (Å²) < 4.78 is 11.2. The Bertz CT molecular complexity index is 895. The Morgan fingerprint density at radius 1 is 1.36 bits per heavy atom. The van der Waals surface area contributed by atoms with Crippen LogP contribution in [0.15, 0.2) is 51.7 Å². The van der Waals surface area contributed by atoms with Crippen molar-refractivity contribution in [2.24, 2.45) is 5.92 Å². The molecule has 2 unspecified atom stereocenters. The first-order valence-electron chi connectivity index (χ1n) is 9.54. The zero-order valence-corrected chi connectivity index (χ0v) is 16.6. The van der Waals surface area contributed by atoms with Gasteiger partial charge in [-0.25, -0.2) is 0 Å². The van der Waals surface area contributed by atoms with Gasteiger partial charge in [-0.2, -0.15) is 16.3 Å². The van der Waals surface area contributed by atoms with Crippen molar-refractivity contribution in [2.45, 2.75) is 32.3 Å². The Hall–Kier alpha value is -2.67. The van der Waals surface area contributed by atoms with E-state index in [1.54, 1.807) is 11.3 Å². The fraction of sp³-hybridized carbons (Fsp3) is 0.381. The van der Waals surface area contributed by atoms with Crippen molar-refractivity contribution in [3.05, 3.63) is 53.0 Å². The van der Waals surface area contributed by atoms with Crippen molar-refractivity contribution in [3.8, 4) is 17.1 Å². The van der Waals surface area contributed by atoms with Crippen LogP contribution in [0.25, 0.3) is 11.4 Å². The highest BCUT2D eigenvalue weighted by atomic mass is 32.1. The van der Waals surface area contributed by atoms with Crippen LogP contribution in [0.5, 0.6) is 5.75 Å². The maximum atomic E-state index is 12.8. The lowest BCUT2D eigenvalue weighted by Gasteiger charge is -2.33. The summed E-state index contributed by atoms with van der Waals surface area (Å²) in [7, 11) is 0. The van der Waals surface area contributed by atoms with E-state index in [9.17, 15) is 4.79 Å². The van der Waals surface area contributed by atoms with E-state index in [-0.39, 0.29) is 5.91 Å². The first-order valence-corrected chi connectivity index (χ1v) is 10.5. The number of hydrogen-bond donors (Lipinski definition) is 0. The number of nitrogens with zero attached hydrogens (tertiary/aromatic N) is 3. The van der Waals surface area contributed by atoms with Crippen LogP contribution in [-0.4, -0.2) is 40.1 Å². The largest absolute Gasteiger partial charge is 0.481 e. The highest BCUT2D eigenvalue weighted by molar-refractivity contribution is 7.08. The number of likely N-dealkylation sites (tertiary alicyclic amines) is 1. The van der Waals surface area contributed by atoms with Crippen LogP contribution in [0.3, 0.4) is 0 Å². The van der Waals surface area contributed by atoms with E-state index in [1.807, 2.05) is 59.0 Å². The van der Waals surface area contributed by atoms with Crippen molar-refractivity contribution in [1.82, 2.24) is 15.0 Å². The summed E-state index contributed by atoms with van der Waals surface area (Å²) >= 11 is 1.61. The lowest BCUT2D eigenvalue weighted by Crippen LogP contribution is -2.46. The van der Waals surface area contributed by atoms with Gasteiger partial charge in [-0.1, -0.05) is 23.4 Å². The number of thiophene rings is 1. The van der Waals surface area contributed by atoms with Crippen LogP contribution in [-0.2, 0) is 11.2 Å². The number of amides is 1. The molecule has 0 N–H and O–H groups in total. The van der Waals surface area contributed by atoms with E-state index in [4.69, 9.17) is 9.26 Å². The van der Waals surface area contributed by atoms with Gasteiger partial charge in [0.25, 0.3) is 5.91 Å². The molecule has 6 nitrogen and oxygen atoms in total.